The van der Waals surface area contributed by atoms with E-state index in [2.05, 4.69) is 14.8 Å². The monoisotopic (exact) mass is 402 g/mol. The van der Waals surface area contributed by atoms with Crippen molar-refractivity contribution in [3.05, 3.63) is 60.4 Å². The van der Waals surface area contributed by atoms with Gasteiger partial charge in [0.05, 0.1) is 5.69 Å². The fourth-order valence-corrected chi connectivity index (χ4v) is 2.30. The fourth-order valence-electron chi connectivity index (χ4n) is 2.30. The summed E-state index contributed by atoms with van der Waals surface area (Å²) in [6, 6.07) is 11.8. The minimum atomic E-state index is -4.74. The number of ether oxygens (including phenoxy) is 1. The molecular formula is C17H15ClF4N4O. The first-order chi connectivity index (χ1) is 12.4. The van der Waals surface area contributed by atoms with E-state index < -0.39 is 12.5 Å². The van der Waals surface area contributed by atoms with Crippen molar-refractivity contribution < 1.29 is 22.3 Å². The Balaban J connectivity index is 0.00000261. The molecule has 3 rings (SSSR count). The minimum Gasteiger partial charge on any atom is -0.406 e. The van der Waals surface area contributed by atoms with Gasteiger partial charge in [-0.25, -0.2) is 14.1 Å². The quantitative estimate of drug-likeness (QED) is 0.649. The maximum absolute atomic E-state index is 13.5. The molecular weight excluding hydrogens is 388 g/mol. The summed E-state index contributed by atoms with van der Waals surface area (Å²) < 4.78 is 55.3. The summed E-state index contributed by atoms with van der Waals surface area (Å²) in [5, 5.41) is 4.27. The molecule has 2 N–H and O–H groups in total. The molecule has 1 aromatic heterocycles. The highest BCUT2D eigenvalue weighted by atomic mass is 35.5. The number of aromatic nitrogens is 3. The molecule has 0 bridgehead atoms. The summed E-state index contributed by atoms with van der Waals surface area (Å²) in [4.78, 5) is 4.16. The van der Waals surface area contributed by atoms with Gasteiger partial charge in [0, 0.05) is 12.1 Å². The van der Waals surface area contributed by atoms with Crippen LogP contribution in [0.5, 0.6) is 5.75 Å². The summed E-state index contributed by atoms with van der Waals surface area (Å²) in [5.74, 6) is 0.0770. The van der Waals surface area contributed by atoms with E-state index in [1.54, 1.807) is 24.3 Å². The van der Waals surface area contributed by atoms with Crippen LogP contribution in [0.4, 0.5) is 17.6 Å². The van der Waals surface area contributed by atoms with E-state index in [9.17, 15) is 17.6 Å². The summed E-state index contributed by atoms with van der Waals surface area (Å²) in [6.45, 7) is -0.0970. The van der Waals surface area contributed by atoms with Gasteiger partial charge < -0.3 is 10.5 Å². The van der Waals surface area contributed by atoms with E-state index in [-0.39, 0.29) is 24.7 Å². The van der Waals surface area contributed by atoms with E-state index in [0.29, 0.717) is 22.6 Å². The van der Waals surface area contributed by atoms with Crippen LogP contribution in [0.15, 0.2) is 54.9 Å². The van der Waals surface area contributed by atoms with Gasteiger partial charge in [-0.1, -0.05) is 24.3 Å². The maximum Gasteiger partial charge on any atom is 0.573 e. The van der Waals surface area contributed by atoms with Gasteiger partial charge in [0.25, 0.3) is 0 Å². The first kappa shape index (κ1) is 20.7. The lowest BCUT2D eigenvalue weighted by Crippen LogP contribution is -2.17. The molecule has 1 unspecified atom stereocenters. The van der Waals surface area contributed by atoms with Gasteiger partial charge in [0.2, 0.25) is 0 Å². The van der Waals surface area contributed by atoms with Gasteiger partial charge >= 0.3 is 6.36 Å². The smallest absolute Gasteiger partial charge is 0.406 e. The van der Waals surface area contributed by atoms with Crippen molar-refractivity contribution in [1.29, 1.82) is 0 Å². The Hall–Kier alpha value is -2.65. The topological polar surface area (TPSA) is 66.0 Å². The molecule has 10 heteroatoms. The Bertz CT molecular complexity index is 866. The lowest BCUT2D eigenvalue weighted by atomic mass is 10.1. The molecule has 0 aliphatic rings. The van der Waals surface area contributed by atoms with Crippen molar-refractivity contribution in [1.82, 2.24) is 14.8 Å². The van der Waals surface area contributed by atoms with Gasteiger partial charge in [-0.2, -0.15) is 0 Å². The summed E-state index contributed by atoms with van der Waals surface area (Å²) in [6.07, 6.45) is -4.54. The van der Waals surface area contributed by atoms with Crippen LogP contribution in [-0.4, -0.2) is 27.7 Å². The zero-order valence-electron chi connectivity index (χ0n) is 13.7. The highest BCUT2D eigenvalue weighted by Gasteiger charge is 2.31. The van der Waals surface area contributed by atoms with Crippen molar-refractivity contribution in [3.63, 3.8) is 0 Å². The molecule has 0 aliphatic heterocycles. The molecule has 27 heavy (non-hydrogen) atoms. The van der Waals surface area contributed by atoms with Gasteiger partial charge in [-0.05, 0) is 29.8 Å². The molecule has 144 valence electrons. The number of hydrogen-bond acceptors (Lipinski definition) is 4. The second-order valence-corrected chi connectivity index (χ2v) is 5.38. The van der Waals surface area contributed by atoms with Crippen LogP contribution in [-0.2, 0) is 0 Å². The van der Waals surface area contributed by atoms with Gasteiger partial charge in [0.15, 0.2) is 5.82 Å². The Morgan fingerprint density at radius 3 is 2.22 bits per heavy atom. The van der Waals surface area contributed by atoms with E-state index in [0.717, 1.165) is 0 Å². The zero-order chi connectivity index (χ0) is 18.7. The number of alkyl halides is 4. The molecule has 0 fully saturated rings. The first-order valence-corrected chi connectivity index (χ1v) is 7.58. The summed E-state index contributed by atoms with van der Waals surface area (Å²) in [7, 11) is 0. The molecule has 3 aromatic rings. The van der Waals surface area contributed by atoms with Crippen LogP contribution in [0.3, 0.4) is 0 Å². The lowest BCUT2D eigenvalue weighted by Gasteiger charge is -2.09. The number of hydrogen-bond donors (Lipinski definition) is 1. The number of nitrogens with two attached hydrogens (primary N) is 1. The van der Waals surface area contributed by atoms with Crippen molar-refractivity contribution in [2.24, 2.45) is 5.73 Å². The Morgan fingerprint density at radius 1 is 1.04 bits per heavy atom. The number of halogens is 5. The van der Waals surface area contributed by atoms with E-state index in [1.807, 2.05) is 0 Å². The number of benzene rings is 2. The Labute approximate surface area is 158 Å². The molecule has 2 aromatic carbocycles. The maximum atomic E-state index is 13.5. The van der Waals surface area contributed by atoms with Crippen LogP contribution in [0.2, 0.25) is 0 Å². The Kier molecular flexibility index (Phi) is 6.40. The predicted octanol–water partition coefficient (Wildman–Crippen LogP) is 4.22. The van der Waals surface area contributed by atoms with Crippen LogP contribution in [0.25, 0.3) is 17.1 Å². The van der Waals surface area contributed by atoms with Crippen molar-refractivity contribution in [3.8, 4) is 22.8 Å². The average molecular weight is 403 g/mol. The SMILES string of the molecule is Cl.NCC(F)c1ccc(-c2ncn(-c3ccc(OC(F)(F)F)cc3)n2)cc1. The van der Waals surface area contributed by atoms with Crippen LogP contribution in [0, 0.1) is 0 Å². The third-order valence-electron chi connectivity index (χ3n) is 3.56. The van der Waals surface area contributed by atoms with Crippen LogP contribution < -0.4 is 10.5 Å². The normalized spacial score (nSPS) is 12.3. The second kappa shape index (κ2) is 8.36. The van der Waals surface area contributed by atoms with Crippen LogP contribution in [0.1, 0.15) is 11.7 Å². The molecule has 1 heterocycles. The lowest BCUT2D eigenvalue weighted by molar-refractivity contribution is -0.274. The summed E-state index contributed by atoms with van der Waals surface area (Å²) >= 11 is 0. The van der Waals surface area contributed by atoms with Gasteiger partial charge in [0.1, 0.15) is 18.2 Å². The third kappa shape index (κ3) is 5.18. The molecule has 5 nitrogen and oxygen atoms in total. The molecule has 0 spiro atoms. The minimum absolute atomic E-state index is 0. The van der Waals surface area contributed by atoms with Gasteiger partial charge in [-0.15, -0.1) is 30.7 Å². The van der Waals surface area contributed by atoms with Crippen molar-refractivity contribution in [2.45, 2.75) is 12.5 Å². The van der Waals surface area contributed by atoms with Crippen molar-refractivity contribution >= 4 is 12.4 Å². The largest absolute Gasteiger partial charge is 0.573 e. The Morgan fingerprint density at radius 2 is 1.67 bits per heavy atom. The zero-order valence-corrected chi connectivity index (χ0v) is 14.5. The van der Waals surface area contributed by atoms with E-state index in [1.165, 1.54) is 35.3 Å². The predicted molar refractivity (Wildman–Crippen MR) is 93.6 cm³/mol. The molecule has 0 amide bonds. The first-order valence-electron chi connectivity index (χ1n) is 7.58. The highest BCUT2D eigenvalue weighted by Crippen LogP contribution is 2.24. The van der Waals surface area contributed by atoms with E-state index in [4.69, 9.17) is 5.73 Å². The molecule has 0 saturated carbocycles. The van der Waals surface area contributed by atoms with Gasteiger partial charge in [-0.3, -0.25) is 0 Å². The van der Waals surface area contributed by atoms with Crippen molar-refractivity contribution in [2.75, 3.05) is 6.54 Å². The standard InChI is InChI=1S/C17H14F4N4O.ClH/c18-15(9-22)11-1-3-12(4-2-11)16-23-10-25(24-16)13-5-7-14(8-6-13)26-17(19,20)21;/h1-8,10,15H,9,22H2;1H. The second-order valence-electron chi connectivity index (χ2n) is 5.38. The number of rotatable bonds is 5. The molecule has 0 aliphatic carbocycles. The highest BCUT2D eigenvalue weighted by molar-refractivity contribution is 5.85. The van der Waals surface area contributed by atoms with E-state index >= 15 is 0 Å². The molecule has 0 radical (unpaired) electrons. The molecule has 1 atom stereocenters. The summed E-state index contributed by atoms with van der Waals surface area (Å²) in [5.41, 5.74) is 6.95. The number of nitrogens with zero attached hydrogens (tertiary/aromatic N) is 3. The fraction of sp³-hybridized carbons (Fsp3) is 0.176. The average Bonchev–Trinajstić information content (AvgIpc) is 3.10. The molecule has 0 saturated heterocycles. The third-order valence-corrected chi connectivity index (χ3v) is 3.56. The van der Waals surface area contributed by atoms with Crippen LogP contribution >= 0.6 is 12.4 Å².